The molecular formula is C21H19F2N3O3. The summed E-state index contributed by atoms with van der Waals surface area (Å²) in [6, 6.07) is 9.58. The predicted molar refractivity (Wildman–Crippen MR) is 104 cm³/mol. The first-order chi connectivity index (χ1) is 13.9. The molecule has 1 aromatic heterocycles. The summed E-state index contributed by atoms with van der Waals surface area (Å²) in [5.41, 5.74) is -0.563. The molecule has 1 aliphatic rings. The molecule has 0 aliphatic carbocycles. The molecule has 150 valence electrons. The van der Waals surface area contributed by atoms with Gasteiger partial charge in [0, 0.05) is 12.6 Å². The highest BCUT2D eigenvalue weighted by atomic mass is 19.1. The Labute approximate surface area is 164 Å². The lowest BCUT2D eigenvalue weighted by atomic mass is 10.0. The lowest BCUT2D eigenvalue weighted by Crippen LogP contribution is -2.42. The molecule has 1 unspecified atom stereocenters. The molecule has 2 heterocycles. The number of para-hydroxylation sites is 1. The fourth-order valence-electron chi connectivity index (χ4n) is 3.96. The highest BCUT2D eigenvalue weighted by Gasteiger charge is 2.30. The fourth-order valence-corrected chi connectivity index (χ4v) is 3.96. The van der Waals surface area contributed by atoms with E-state index in [4.69, 9.17) is 0 Å². The second-order valence-electron chi connectivity index (χ2n) is 7.19. The lowest BCUT2D eigenvalue weighted by Gasteiger charge is -2.25. The Morgan fingerprint density at radius 1 is 1.14 bits per heavy atom. The van der Waals surface area contributed by atoms with Gasteiger partial charge in [0.1, 0.15) is 18.2 Å². The molecule has 0 bridgehead atoms. The van der Waals surface area contributed by atoms with Crippen LogP contribution < -0.4 is 11.2 Å². The average Bonchev–Trinajstić information content (AvgIpc) is 3.16. The van der Waals surface area contributed by atoms with Crippen LogP contribution in [0.25, 0.3) is 10.9 Å². The molecule has 1 amide bonds. The van der Waals surface area contributed by atoms with E-state index in [9.17, 15) is 23.2 Å². The van der Waals surface area contributed by atoms with E-state index in [-0.39, 0.29) is 30.5 Å². The summed E-state index contributed by atoms with van der Waals surface area (Å²) in [7, 11) is 0. The number of nitrogens with one attached hydrogen (secondary N) is 1. The van der Waals surface area contributed by atoms with Crippen LogP contribution in [0.2, 0.25) is 0 Å². The van der Waals surface area contributed by atoms with Gasteiger partial charge in [0.15, 0.2) is 0 Å². The fraction of sp³-hybridized carbons (Fsp3) is 0.286. The number of aromatic amines is 1. The molecule has 2 aromatic carbocycles. The Kier molecular flexibility index (Phi) is 5.00. The van der Waals surface area contributed by atoms with Crippen molar-refractivity contribution in [3.8, 4) is 0 Å². The Hall–Kier alpha value is -3.29. The van der Waals surface area contributed by atoms with Crippen LogP contribution in [0.15, 0.2) is 52.1 Å². The zero-order chi connectivity index (χ0) is 20.5. The maximum absolute atomic E-state index is 14.0. The van der Waals surface area contributed by atoms with Gasteiger partial charge in [-0.1, -0.05) is 12.1 Å². The number of hydrogen-bond acceptors (Lipinski definition) is 3. The zero-order valence-corrected chi connectivity index (χ0v) is 15.5. The molecule has 1 aliphatic heterocycles. The minimum atomic E-state index is -0.658. The number of likely N-dealkylation sites (tertiary alicyclic amines) is 1. The molecule has 4 rings (SSSR count). The molecule has 1 atom stereocenters. The number of carbonyl (C=O) groups is 1. The van der Waals surface area contributed by atoms with Crippen LogP contribution in [0.3, 0.4) is 0 Å². The van der Waals surface area contributed by atoms with Gasteiger partial charge in [-0.05, 0) is 55.2 Å². The van der Waals surface area contributed by atoms with Crippen molar-refractivity contribution in [3.05, 3.63) is 80.5 Å². The van der Waals surface area contributed by atoms with E-state index in [0.29, 0.717) is 23.9 Å². The number of halogens is 2. The van der Waals surface area contributed by atoms with Gasteiger partial charge in [0.05, 0.1) is 10.9 Å². The third-order valence-electron chi connectivity index (χ3n) is 5.36. The standard InChI is InChI=1S/C21H19F2N3O3/c22-14-7-8-17(23)13(10-14)11-15-4-3-9-25(15)19(27)12-26-18-6-2-1-5-16(18)20(28)24-21(26)29/h1-2,5-8,10,15H,3-4,9,11-12H2,(H,24,28,29). The SMILES string of the molecule is O=C(Cn1c(=O)[nH]c(=O)c2ccccc21)N1CCCC1Cc1cc(F)ccc1F. The number of benzene rings is 2. The third-order valence-corrected chi connectivity index (χ3v) is 5.36. The Morgan fingerprint density at radius 2 is 1.93 bits per heavy atom. The van der Waals surface area contributed by atoms with Gasteiger partial charge in [-0.15, -0.1) is 0 Å². The number of aromatic nitrogens is 2. The van der Waals surface area contributed by atoms with Gasteiger partial charge in [-0.25, -0.2) is 13.6 Å². The van der Waals surface area contributed by atoms with E-state index in [1.165, 1.54) is 4.57 Å². The van der Waals surface area contributed by atoms with E-state index < -0.39 is 22.9 Å². The number of amides is 1. The molecule has 1 N–H and O–H groups in total. The van der Waals surface area contributed by atoms with Crippen LogP contribution in [0, 0.1) is 11.6 Å². The van der Waals surface area contributed by atoms with Gasteiger partial charge >= 0.3 is 5.69 Å². The van der Waals surface area contributed by atoms with Crippen LogP contribution in [0.4, 0.5) is 8.78 Å². The molecule has 0 spiro atoms. The number of carbonyl (C=O) groups excluding carboxylic acids is 1. The molecule has 3 aromatic rings. The largest absolute Gasteiger partial charge is 0.338 e. The number of H-pyrrole nitrogens is 1. The third kappa shape index (κ3) is 3.70. The van der Waals surface area contributed by atoms with Crippen molar-refractivity contribution in [3.63, 3.8) is 0 Å². The highest BCUT2D eigenvalue weighted by molar-refractivity contribution is 5.81. The minimum absolute atomic E-state index is 0.205. The smallest absolute Gasteiger partial charge is 0.329 e. The summed E-state index contributed by atoms with van der Waals surface area (Å²) in [5, 5.41) is 0.319. The minimum Gasteiger partial charge on any atom is -0.338 e. The summed E-state index contributed by atoms with van der Waals surface area (Å²) in [6.45, 7) is 0.245. The molecular weight excluding hydrogens is 380 g/mol. The van der Waals surface area contributed by atoms with Gasteiger partial charge < -0.3 is 4.90 Å². The molecule has 0 saturated carbocycles. The van der Waals surface area contributed by atoms with Crippen LogP contribution in [-0.4, -0.2) is 32.9 Å². The van der Waals surface area contributed by atoms with Crippen LogP contribution >= 0.6 is 0 Å². The average molecular weight is 399 g/mol. The van der Waals surface area contributed by atoms with E-state index in [1.54, 1.807) is 29.2 Å². The van der Waals surface area contributed by atoms with Gasteiger partial charge in [-0.2, -0.15) is 0 Å². The van der Waals surface area contributed by atoms with Crippen molar-refractivity contribution in [2.24, 2.45) is 0 Å². The summed E-state index contributed by atoms with van der Waals surface area (Å²) in [6.07, 6.45) is 1.62. The van der Waals surface area contributed by atoms with Gasteiger partial charge in [0.25, 0.3) is 5.56 Å². The number of nitrogens with zero attached hydrogens (tertiary/aromatic N) is 2. The van der Waals surface area contributed by atoms with Crippen molar-refractivity contribution in [2.45, 2.75) is 31.8 Å². The van der Waals surface area contributed by atoms with Crippen LogP contribution in [0.5, 0.6) is 0 Å². The number of rotatable bonds is 4. The Bertz CT molecular complexity index is 1200. The van der Waals surface area contributed by atoms with Crippen molar-refractivity contribution in [1.29, 1.82) is 0 Å². The molecule has 8 heteroatoms. The van der Waals surface area contributed by atoms with Crippen LogP contribution in [-0.2, 0) is 17.8 Å². The second-order valence-corrected chi connectivity index (χ2v) is 7.19. The molecule has 29 heavy (non-hydrogen) atoms. The first kappa shape index (κ1) is 19.0. The maximum atomic E-state index is 14.0. The molecule has 1 saturated heterocycles. The topological polar surface area (TPSA) is 75.2 Å². The predicted octanol–water partition coefficient (Wildman–Crippen LogP) is 2.20. The van der Waals surface area contributed by atoms with E-state index in [1.807, 2.05) is 0 Å². The van der Waals surface area contributed by atoms with Crippen molar-refractivity contribution in [1.82, 2.24) is 14.5 Å². The second kappa shape index (κ2) is 7.62. The monoisotopic (exact) mass is 399 g/mol. The molecule has 0 radical (unpaired) electrons. The first-order valence-corrected chi connectivity index (χ1v) is 9.39. The summed E-state index contributed by atoms with van der Waals surface area (Å²) < 4.78 is 28.7. The maximum Gasteiger partial charge on any atom is 0.329 e. The first-order valence-electron chi connectivity index (χ1n) is 9.39. The summed E-state index contributed by atoms with van der Waals surface area (Å²) >= 11 is 0. The van der Waals surface area contributed by atoms with Gasteiger partial charge in [0.2, 0.25) is 5.91 Å². The van der Waals surface area contributed by atoms with E-state index in [2.05, 4.69) is 4.98 Å². The Balaban J connectivity index is 1.60. The van der Waals surface area contributed by atoms with E-state index >= 15 is 0 Å². The van der Waals surface area contributed by atoms with Gasteiger partial charge in [-0.3, -0.25) is 19.1 Å². The van der Waals surface area contributed by atoms with Crippen LogP contribution in [0.1, 0.15) is 18.4 Å². The summed E-state index contributed by atoms with van der Waals surface area (Å²) in [5.74, 6) is -1.33. The Morgan fingerprint density at radius 3 is 2.76 bits per heavy atom. The van der Waals surface area contributed by atoms with E-state index in [0.717, 1.165) is 24.6 Å². The van der Waals surface area contributed by atoms with Crippen molar-refractivity contribution in [2.75, 3.05) is 6.54 Å². The molecule has 1 fully saturated rings. The zero-order valence-electron chi connectivity index (χ0n) is 15.5. The number of hydrogen-bond donors (Lipinski definition) is 1. The van der Waals surface area contributed by atoms with Crippen molar-refractivity contribution < 1.29 is 13.6 Å². The number of fused-ring (bicyclic) bond motifs is 1. The lowest BCUT2D eigenvalue weighted by molar-refractivity contribution is -0.132. The normalized spacial score (nSPS) is 16.5. The van der Waals surface area contributed by atoms with Crippen molar-refractivity contribution >= 4 is 16.8 Å². The quantitative estimate of drug-likeness (QED) is 0.731. The molecule has 6 nitrogen and oxygen atoms in total. The highest BCUT2D eigenvalue weighted by Crippen LogP contribution is 2.23. The summed E-state index contributed by atoms with van der Waals surface area (Å²) in [4.78, 5) is 41.1.